The first kappa shape index (κ1) is 10.7. The van der Waals surface area contributed by atoms with Crippen LogP contribution < -0.4 is 11.1 Å². The summed E-state index contributed by atoms with van der Waals surface area (Å²) < 4.78 is 1.13. The van der Waals surface area contributed by atoms with Gasteiger partial charge in [0.15, 0.2) is 0 Å². The maximum atomic E-state index is 5.67. The van der Waals surface area contributed by atoms with Crippen molar-refractivity contribution in [3.63, 3.8) is 0 Å². The normalized spacial score (nSPS) is 10.2. The zero-order valence-corrected chi connectivity index (χ0v) is 10.9. The number of nitrogens with two attached hydrogens (primary N) is 1. The van der Waals surface area contributed by atoms with Crippen molar-refractivity contribution in [3.05, 3.63) is 38.4 Å². The molecule has 0 atom stereocenters. The number of halogens is 1. The molecular weight excluding hydrogens is 321 g/mol. The molecule has 1 aromatic carbocycles. The summed E-state index contributed by atoms with van der Waals surface area (Å²) in [5.41, 5.74) is 10.5. The number of hydrogen-bond donors (Lipinski definition) is 2. The Labute approximate surface area is 106 Å². The van der Waals surface area contributed by atoms with Crippen molar-refractivity contribution in [3.8, 4) is 0 Å². The van der Waals surface area contributed by atoms with Crippen molar-refractivity contribution in [2.45, 2.75) is 6.54 Å². The molecule has 0 bridgehead atoms. The molecule has 3 N–H and O–H groups in total. The van der Waals surface area contributed by atoms with Crippen LogP contribution in [0.5, 0.6) is 0 Å². The Hall–Kier alpha value is -0.820. The van der Waals surface area contributed by atoms with Gasteiger partial charge in [-0.2, -0.15) is 0 Å². The summed E-state index contributed by atoms with van der Waals surface area (Å²) in [4.78, 5) is 4.21. The Balaban J connectivity index is 2.05. The molecule has 0 saturated carbocycles. The molecule has 0 aliphatic heterocycles. The van der Waals surface area contributed by atoms with Crippen molar-refractivity contribution < 1.29 is 0 Å². The number of nitrogen functional groups attached to an aromatic ring is 1. The molecule has 0 spiro atoms. The molecule has 5 heteroatoms. The molecular formula is C10H10IN3S. The SMILES string of the molecule is Nc1ccc(NCc2cscn2)c(I)c1. The van der Waals surface area contributed by atoms with Gasteiger partial charge in [-0.25, -0.2) is 4.98 Å². The summed E-state index contributed by atoms with van der Waals surface area (Å²) in [6.45, 7) is 0.753. The van der Waals surface area contributed by atoms with E-state index in [9.17, 15) is 0 Å². The number of thiazole rings is 1. The van der Waals surface area contributed by atoms with Crippen molar-refractivity contribution in [1.29, 1.82) is 0 Å². The third-order valence-corrected chi connectivity index (χ3v) is 3.46. The van der Waals surface area contributed by atoms with Crippen LogP contribution in [0.3, 0.4) is 0 Å². The zero-order chi connectivity index (χ0) is 10.7. The highest BCUT2D eigenvalue weighted by molar-refractivity contribution is 14.1. The lowest BCUT2D eigenvalue weighted by Crippen LogP contribution is -2.01. The van der Waals surface area contributed by atoms with Gasteiger partial charge in [0.05, 0.1) is 17.7 Å². The van der Waals surface area contributed by atoms with Crippen LogP contribution >= 0.6 is 33.9 Å². The number of benzene rings is 1. The molecule has 15 heavy (non-hydrogen) atoms. The molecule has 0 unspecified atom stereocenters. The fourth-order valence-corrected chi connectivity index (χ4v) is 2.47. The summed E-state index contributed by atoms with van der Waals surface area (Å²) in [5.74, 6) is 0. The van der Waals surface area contributed by atoms with Crippen LogP contribution in [0.15, 0.2) is 29.1 Å². The third-order valence-electron chi connectivity index (χ3n) is 1.94. The van der Waals surface area contributed by atoms with E-state index in [1.54, 1.807) is 11.3 Å². The molecule has 2 aromatic rings. The Morgan fingerprint density at radius 2 is 2.33 bits per heavy atom. The van der Waals surface area contributed by atoms with Gasteiger partial charge in [-0.1, -0.05) is 0 Å². The molecule has 0 amide bonds. The van der Waals surface area contributed by atoms with Gasteiger partial charge >= 0.3 is 0 Å². The lowest BCUT2D eigenvalue weighted by molar-refractivity contribution is 1.07. The van der Waals surface area contributed by atoms with Crippen LogP contribution in [-0.4, -0.2) is 4.98 Å². The highest BCUT2D eigenvalue weighted by atomic mass is 127. The van der Waals surface area contributed by atoms with Crippen LogP contribution in [0, 0.1) is 3.57 Å². The van der Waals surface area contributed by atoms with Crippen LogP contribution in [0.2, 0.25) is 0 Å². The van der Waals surface area contributed by atoms with Crippen LogP contribution in [0.1, 0.15) is 5.69 Å². The highest BCUT2D eigenvalue weighted by Crippen LogP contribution is 2.21. The lowest BCUT2D eigenvalue weighted by atomic mass is 10.3. The minimum Gasteiger partial charge on any atom is -0.399 e. The first-order valence-corrected chi connectivity index (χ1v) is 6.44. The Bertz CT molecular complexity index is 442. The predicted molar refractivity (Wildman–Crippen MR) is 73.0 cm³/mol. The van der Waals surface area contributed by atoms with Crippen molar-refractivity contribution >= 4 is 45.3 Å². The Morgan fingerprint density at radius 3 is 3.00 bits per heavy atom. The smallest absolute Gasteiger partial charge is 0.0795 e. The largest absolute Gasteiger partial charge is 0.399 e. The summed E-state index contributed by atoms with van der Waals surface area (Å²) in [5, 5.41) is 5.36. The van der Waals surface area contributed by atoms with Crippen molar-refractivity contribution in [1.82, 2.24) is 4.98 Å². The molecule has 3 nitrogen and oxygen atoms in total. The molecule has 0 fully saturated rings. The Morgan fingerprint density at radius 1 is 1.47 bits per heavy atom. The number of anilines is 2. The van der Waals surface area contributed by atoms with E-state index in [1.807, 2.05) is 29.1 Å². The van der Waals surface area contributed by atoms with Gasteiger partial charge in [0.1, 0.15) is 0 Å². The second-order valence-corrected chi connectivity index (χ2v) is 4.95. The maximum absolute atomic E-state index is 5.67. The quantitative estimate of drug-likeness (QED) is 0.672. The lowest BCUT2D eigenvalue weighted by Gasteiger charge is -2.07. The molecule has 0 aliphatic rings. The number of rotatable bonds is 3. The second-order valence-electron chi connectivity index (χ2n) is 3.07. The fourth-order valence-electron chi connectivity index (χ4n) is 1.19. The van der Waals surface area contributed by atoms with Crippen LogP contribution in [-0.2, 0) is 6.54 Å². The van der Waals surface area contributed by atoms with Crippen LogP contribution in [0.4, 0.5) is 11.4 Å². The third kappa shape index (κ3) is 2.82. The van der Waals surface area contributed by atoms with Crippen LogP contribution in [0.25, 0.3) is 0 Å². The van der Waals surface area contributed by atoms with E-state index in [-0.39, 0.29) is 0 Å². The van der Waals surface area contributed by atoms with E-state index in [0.29, 0.717) is 0 Å². The monoisotopic (exact) mass is 331 g/mol. The van der Waals surface area contributed by atoms with Crippen molar-refractivity contribution in [2.24, 2.45) is 0 Å². The minimum atomic E-state index is 0.753. The highest BCUT2D eigenvalue weighted by Gasteiger charge is 2.00. The average molecular weight is 331 g/mol. The summed E-state index contributed by atoms with van der Waals surface area (Å²) in [6.07, 6.45) is 0. The molecule has 1 aromatic heterocycles. The topological polar surface area (TPSA) is 50.9 Å². The van der Waals surface area contributed by atoms with E-state index >= 15 is 0 Å². The van der Waals surface area contributed by atoms with Gasteiger partial charge in [-0.3, -0.25) is 0 Å². The maximum Gasteiger partial charge on any atom is 0.0795 e. The zero-order valence-electron chi connectivity index (χ0n) is 7.90. The van der Waals surface area contributed by atoms with E-state index in [4.69, 9.17) is 5.73 Å². The van der Waals surface area contributed by atoms with Gasteiger partial charge in [0, 0.05) is 20.3 Å². The summed E-state index contributed by atoms with van der Waals surface area (Å²) in [7, 11) is 0. The van der Waals surface area contributed by atoms with Gasteiger partial charge in [0.2, 0.25) is 0 Å². The van der Waals surface area contributed by atoms with Gasteiger partial charge < -0.3 is 11.1 Å². The number of nitrogens with zero attached hydrogens (tertiary/aromatic N) is 1. The van der Waals surface area contributed by atoms with E-state index in [1.165, 1.54) is 0 Å². The minimum absolute atomic E-state index is 0.753. The standard InChI is InChI=1S/C10H10IN3S/c11-9-3-7(12)1-2-10(9)13-4-8-5-15-6-14-8/h1-3,5-6,13H,4,12H2. The summed E-state index contributed by atoms with van der Waals surface area (Å²) in [6, 6.07) is 5.83. The van der Waals surface area contributed by atoms with E-state index < -0.39 is 0 Å². The number of hydrogen-bond acceptors (Lipinski definition) is 4. The number of aromatic nitrogens is 1. The molecule has 78 valence electrons. The second kappa shape index (κ2) is 4.80. The summed E-state index contributed by atoms with van der Waals surface area (Å²) >= 11 is 3.88. The molecule has 0 saturated heterocycles. The first-order valence-electron chi connectivity index (χ1n) is 4.41. The van der Waals surface area contributed by atoms with E-state index in [0.717, 1.165) is 27.2 Å². The van der Waals surface area contributed by atoms with Gasteiger partial charge in [-0.05, 0) is 40.8 Å². The van der Waals surface area contributed by atoms with Crippen molar-refractivity contribution in [2.75, 3.05) is 11.1 Å². The molecule has 0 aliphatic carbocycles. The average Bonchev–Trinajstić information content (AvgIpc) is 2.69. The van der Waals surface area contributed by atoms with Gasteiger partial charge in [-0.15, -0.1) is 11.3 Å². The van der Waals surface area contributed by atoms with Gasteiger partial charge in [0.25, 0.3) is 0 Å². The first-order chi connectivity index (χ1) is 7.25. The predicted octanol–water partition coefficient (Wildman–Crippen LogP) is 2.94. The molecule has 0 radical (unpaired) electrons. The Kier molecular flexibility index (Phi) is 3.42. The molecule has 1 heterocycles. The molecule has 2 rings (SSSR count). The fraction of sp³-hybridized carbons (Fsp3) is 0.100. The van der Waals surface area contributed by atoms with E-state index in [2.05, 4.69) is 32.9 Å². The number of nitrogens with one attached hydrogen (secondary N) is 1.